The zero-order valence-corrected chi connectivity index (χ0v) is 25.7. The van der Waals surface area contributed by atoms with Crippen LogP contribution < -0.4 is 0 Å². The normalized spacial score (nSPS) is 12.2. The van der Waals surface area contributed by atoms with Crippen molar-refractivity contribution in [1.29, 1.82) is 0 Å². The van der Waals surface area contributed by atoms with Gasteiger partial charge in [0.25, 0.3) is 0 Å². The topological polar surface area (TPSA) is 83.5 Å². The van der Waals surface area contributed by atoms with Gasteiger partial charge in [-0.1, -0.05) is 91.9 Å². The summed E-state index contributed by atoms with van der Waals surface area (Å²) in [6.45, 7) is 16.6. The Morgan fingerprint density at radius 1 is 0.667 bits per heavy atom. The van der Waals surface area contributed by atoms with Crippen molar-refractivity contribution in [2.75, 3.05) is 52.7 Å². The van der Waals surface area contributed by atoms with E-state index >= 15 is 0 Å². The molecule has 0 aliphatic heterocycles. The molecule has 0 bridgehead atoms. The van der Waals surface area contributed by atoms with E-state index in [2.05, 4.69) is 39.5 Å². The maximum Gasteiger partial charge on any atom is 0.508 e. The SMILES string of the molecule is [CH2]C(COC(=O)CCC(OCCCCCCCC)OCCCCCCCC)COC(=O)OCCN(CC)CC. The Kier molecular flexibility index (Phi) is 27.2. The Morgan fingerprint density at radius 2 is 1.18 bits per heavy atom. The Morgan fingerprint density at radius 3 is 1.72 bits per heavy atom. The molecule has 0 aromatic heterocycles. The maximum absolute atomic E-state index is 12.3. The molecule has 1 radical (unpaired) electrons. The number of nitrogens with zero attached hydrogens (tertiary/aromatic N) is 1. The average Bonchev–Trinajstić information content (AvgIpc) is 2.94. The molecule has 0 N–H and O–H groups in total. The molecule has 1 unspecified atom stereocenters. The van der Waals surface area contributed by atoms with Gasteiger partial charge in [-0.3, -0.25) is 4.79 Å². The summed E-state index contributed by atoms with van der Waals surface area (Å²) in [4.78, 5) is 26.2. The number of carbonyl (C=O) groups excluding carboxylic acids is 2. The molecule has 0 amide bonds. The fraction of sp³-hybridized carbons (Fsp3) is 0.903. The third-order valence-electron chi connectivity index (χ3n) is 6.63. The Balaban J connectivity index is 4.20. The molecule has 231 valence electrons. The van der Waals surface area contributed by atoms with Crippen LogP contribution in [0.25, 0.3) is 0 Å². The first-order chi connectivity index (χ1) is 19.0. The highest BCUT2D eigenvalue weighted by Crippen LogP contribution is 2.12. The summed E-state index contributed by atoms with van der Waals surface area (Å²) < 4.78 is 27.5. The molecule has 0 saturated carbocycles. The smallest absolute Gasteiger partial charge is 0.465 e. The highest BCUT2D eigenvalue weighted by Gasteiger charge is 2.15. The predicted molar refractivity (Wildman–Crippen MR) is 157 cm³/mol. The summed E-state index contributed by atoms with van der Waals surface area (Å²) >= 11 is 0. The van der Waals surface area contributed by atoms with E-state index in [9.17, 15) is 9.59 Å². The van der Waals surface area contributed by atoms with E-state index in [1.165, 1.54) is 51.4 Å². The molecule has 0 fully saturated rings. The summed E-state index contributed by atoms with van der Waals surface area (Å²) in [6.07, 6.45) is 13.9. The lowest BCUT2D eigenvalue weighted by molar-refractivity contribution is -0.160. The van der Waals surface area contributed by atoms with Gasteiger partial charge < -0.3 is 28.6 Å². The minimum absolute atomic E-state index is 0.0305. The van der Waals surface area contributed by atoms with Gasteiger partial charge in [-0.25, -0.2) is 4.79 Å². The number of hydrogen-bond acceptors (Lipinski definition) is 8. The third kappa shape index (κ3) is 25.3. The van der Waals surface area contributed by atoms with Crippen LogP contribution in [0.1, 0.15) is 118 Å². The van der Waals surface area contributed by atoms with Crippen LogP contribution in [0.2, 0.25) is 0 Å². The summed E-state index contributed by atoms with van der Waals surface area (Å²) in [5.41, 5.74) is 0. The number of rotatable bonds is 28. The number of hydrogen-bond donors (Lipinski definition) is 0. The molecular formula is C31H60NO7. The van der Waals surface area contributed by atoms with Crippen LogP contribution in [0.15, 0.2) is 0 Å². The number of esters is 1. The zero-order chi connectivity index (χ0) is 29.0. The summed E-state index contributed by atoms with van der Waals surface area (Å²) in [5.74, 6) is -0.699. The van der Waals surface area contributed by atoms with Crippen molar-refractivity contribution in [1.82, 2.24) is 4.90 Å². The van der Waals surface area contributed by atoms with Crippen molar-refractivity contribution in [3.05, 3.63) is 6.92 Å². The molecule has 0 aliphatic rings. The fourth-order valence-corrected chi connectivity index (χ4v) is 4.00. The molecule has 39 heavy (non-hydrogen) atoms. The monoisotopic (exact) mass is 558 g/mol. The standard InChI is InChI=1S/C31H60NO7/c1-6-10-12-14-16-18-23-35-30(36-24-19-17-15-13-11-7-2)21-20-29(33)38-26-28(5)27-39-31(34)37-25-22-32(8-3)9-4/h28,30H,5-27H2,1-4H3. The van der Waals surface area contributed by atoms with Gasteiger partial charge in [0.2, 0.25) is 0 Å². The lowest BCUT2D eigenvalue weighted by atomic mass is 10.1. The Hall–Kier alpha value is -1.38. The van der Waals surface area contributed by atoms with Gasteiger partial charge in [-0.05, 0) is 32.9 Å². The minimum Gasteiger partial charge on any atom is -0.465 e. The van der Waals surface area contributed by atoms with E-state index in [1.807, 2.05) is 0 Å². The van der Waals surface area contributed by atoms with Crippen LogP contribution in [-0.2, 0) is 28.5 Å². The van der Waals surface area contributed by atoms with E-state index in [0.717, 1.165) is 38.8 Å². The van der Waals surface area contributed by atoms with Gasteiger partial charge >= 0.3 is 12.1 Å². The number of likely N-dealkylation sites (N-methyl/N-ethyl adjacent to an activating group) is 1. The van der Waals surface area contributed by atoms with Gasteiger partial charge in [0.05, 0.1) is 13.0 Å². The van der Waals surface area contributed by atoms with Crippen LogP contribution in [-0.4, -0.2) is 76.0 Å². The quantitative estimate of drug-likeness (QED) is 0.0560. The third-order valence-corrected chi connectivity index (χ3v) is 6.63. The van der Waals surface area contributed by atoms with Gasteiger partial charge in [-0.2, -0.15) is 0 Å². The largest absolute Gasteiger partial charge is 0.508 e. The number of unbranched alkanes of at least 4 members (excludes halogenated alkanes) is 10. The zero-order valence-electron chi connectivity index (χ0n) is 25.7. The fourth-order valence-electron chi connectivity index (χ4n) is 4.00. The number of carbonyl (C=O) groups is 2. The predicted octanol–water partition coefficient (Wildman–Crippen LogP) is 7.34. The Labute approximate surface area is 239 Å². The van der Waals surface area contributed by atoms with Gasteiger partial charge in [0, 0.05) is 32.1 Å². The lowest BCUT2D eigenvalue weighted by Crippen LogP contribution is -2.28. The summed E-state index contributed by atoms with van der Waals surface area (Å²) in [6, 6.07) is 0. The second kappa shape index (κ2) is 28.2. The molecule has 0 aromatic carbocycles. The van der Waals surface area contributed by atoms with Gasteiger partial charge in [0.15, 0.2) is 6.29 Å². The van der Waals surface area contributed by atoms with Gasteiger partial charge in [-0.15, -0.1) is 0 Å². The van der Waals surface area contributed by atoms with E-state index < -0.39 is 12.4 Å². The van der Waals surface area contributed by atoms with Crippen molar-refractivity contribution in [3.63, 3.8) is 0 Å². The second-order valence-electron chi connectivity index (χ2n) is 10.2. The van der Waals surface area contributed by atoms with Crippen molar-refractivity contribution >= 4 is 12.1 Å². The number of ether oxygens (including phenoxy) is 5. The molecule has 0 rings (SSSR count). The Bertz CT molecular complexity index is 539. The average molecular weight is 559 g/mol. The van der Waals surface area contributed by atoms with Crippen LogP contribution in [0.3, 0.4) is 0 Å². The molecule has 0 spiro atoms. The van der Waals surface area contributed by atoms with E-state index in [0.29, 0.717) is 26.2 Å². The first-order valence-electron chi connectivity index (χ1n) is 15.7. The van der Waals surface area contributed by atoms with Crippen LogP contribution in [0.5, 0.6) is 0 Å². The molecule has 0 aromatic rings. The van der Waals surface area contributed by atoms with Crippen molar-refractivity contribution in [3.8, 4) is 0 Å². The van der Waals surface area contributed by atoms with Gasteiger partial charge in [0.1, 0.15) is 13.2 Å². The van der Waals surface area contributed by atoms with Crippen molar-refractivity contribution in [2.24, 2.45) is 5.92 Å². The van der Waals surface area contributed by atoms with Crippen molar-refractivity contribution in [2.45, 2.75) is 124 Å². The first kappa shape index (κ1) is 37.6. The minimum atomic E-state index is -0.727. The van der Waals surface area contributed by atoms with E-state index in [-0.39, 0.29) is 38.1 Å². The summed E-state index contributed by atoms with van der Waals surface area (Å²) in [7, 11) is 0. The molecular weight excluding hydrogens is 498 g/mol. The highest BCUT2D eigenvalue weighted by molar-refractivity contribution is 5.69. The molecule has 0 aliphatic carbocycles. The molecule has 8 nitrogen and oxygen atoms in total. The summed E-state index contributed by atoms with van der Waals surface area (Å²) in [5, 5.41) is 0. The van der Waals surface area contributed by atoms with E-state index in [1.54, 1.807) is 0 Å². The molecule has 0 heterocycles. The molecule has 1 atom stereocenters. The second-order valence-corrected chi connectivity index (χ2v) is 10.2. The van der Waals surface area contributed by atoms with Crippen LogP contribution in [0.4, 0.5) is 4.79 Å². The molecule has 0 saturated heterocycles. The highest BCUT2D eigenvalue weighted by atomic mass is 16.7. The first-order valence-corrected chi connectivity index (χ1v) is 15.7. The van der Waals surface area contributed by atoms with E-state index in [4.69, 9.17) is 23.7 Å². The molecule has 8 heteroatoms. The van der Waals surface area contributed by atoms with Crippen molar-refractivity contribution < 1.29 is 33.3 Å². The lowest BCUT2D eigenvalue weighted by Gasteiger charge is -2.19. The van der Waals surface area contributed by atoms with Crippen LogP contribution >= 0.6 is 0 Å². The van der Waals surface area contributed by atoms with Crippen LogP contribution in [0, 0.1) is 12.8 Å². The maximum atomic E-state index is 12.3.